The molecule has 0 saturated heterocycles. The zero-order valence-electron chi connectivity index (χ0n) is 20.4. The van der Waals surface area contributed by atoms with E-state index in [4.69, 9.17) is 0 Å². The lowest BCUT2D eigenvalue weighted by molar-refractivity contribution is -0.563. The van der Waals surface area contributed by atoms with Crippen LogP contribution in [0.5, 0.6) is 0 Å². The predicted molar refractivity (Wildman–Crippen MR) is 129 cm³/mol. The molecule has 162 valence electrons. The van der Waals surface area contributed by atoms with E-state index >= 15 is 0 Å². The van der Waals surface area contributed by atoms with E-state index in [0.29, 0.717) is 0 Å². The van der Waals surface area contributed by atoms with Crippen LogP contribution < -0.4 is 0 Å². The Hall–Kier alpha value is -2.09. The molecule has 0 N–H and O–H groups in total. The minimum absolute atomic E-state index is 0.205. The smallest absolute Gasteiger partial charge is 0.234 e. The normalized spacial score (nSPS) is 17.1. The first-order chi connectivity index (χ1) is 13.8. The van der Waals surface area contributed by atoms with Gasteiger partial charge in [0, 0.05) is 5.41 Å². The Kier molecular flexibility index (Phi) is 6.18. The van der Waals surface area contributed by atoms with Crippen LogP contribution in [-0.2, 0) is 23.9 Å². The molecule has 0 bridgehead atoms. The van der Waals surface area contributed by atoms with Gasteiger partial charge in [0.25, 0.3) is 0 Å². The highest BCUT2D eigenvalue weighted by molar-refractivity contribution is 5.50. The van der Waals surface area contributed by atoms with Crippen LogP contribution in [0.15, 0.2) is 48.5 Å². The van der Waals surface area contributed by atoms with Gasteiger partial charge in [-0.25, -0.2) is 0 Å². The fraction of sp³-hybridized carbons (Fsp3) is 0.536. The van der Waals surface area contributed by atoms with E-state index in [1.165, 1.54) is 22.3 Å². The Morgan fingerprint density at radius 3 is 1.70 bits per heavy atom. The van der Waals surface area contributed by atoms with Crippen molar-refractivity contribution in [3.8, 4) is 0 Å². The molecule has 0 atom stereocenters. The Balaban J connectivity index is 1.73. The molecule has 0 fully saturated rings. The second-order valence-electron chi connectivity index (χ2n) is 12.0. The first-order valence-corrected chi connectivity index (χ1v) is 11.3. The molecule has 0 spiro atoms. The summed E-state index contributed by atoms with van der Waals surface area (Å²) in [7, 11) is 0. The molecule has 2 heteroatoms. The molecule has 2 nitrogen and oxygen atoms in total. The highest BCUT2D eigenvalue weighted by Crippen LogP contribution is 2.26. The van der Waals surface area contributed by atoms with Crippen molar-refractivity contribution >= 4 is 6.34 Å². The van der Waals surface area contributed by atoms with Crippen molar-refractivity contribution in [2.45, 2.75) is 79.3 Å². The summed E-state index contributed by atoms with van der Waals surface area (Å²) in [6, 6.07) is 18.4. The van der Waals surface area contributed by atoms with Crippen molar-refractivity contribution < 1.29 is 4.58 Å². The Labute approximate surface area is 184 Å². The van der Waals surface area contributed by atoms with Crippen LogP contribution in [0.2, 0.25) is 0 Å². The van der Waals surface area contributed by atoms with Crippen LogP contribution in [0.4, 0.5) is 0 Å². The van der Waals surface area contributed by atoms with Crippen LogP contribution >= 0.6 is 0 Å². The molecule has 0 aliphatic carbocycles. The van der Waals surface area contributed by atoms with E-state index < -0.39 is 0 Å². The topological polar surface area (TPSA) is 6.25 Å². The van der Waals surface area contributed by atoms with E-state index in [1.807, 2.05) is 0 Å². The lowest BCUT2D eigenvalue weighted by Gasteiger charge is -2.33. The molecule has 3 rings (SSSR count). The first kappa shape index (κ1) is 22.6. The van der Waals surface area contributed by atoms with Gasteiger partial charge in [0.15, 0.2) is 0 Å². The van der Waals surface area contributed by atoms with Gasteiger partial charge in [-0.05, 0) is 33.1 Å². The maximum Gasteiger partial charge on any atom is 0.234 e. The maximum absolute atomic E-state index is 2.49. The van der Waals surface area contributed by atoms with Gasteiger partial charge in [-0.15, -0.1) is 0 Å². The summed E-state index contributed by atoms with van der Waals surface area (Å²) in [5.74, 6) is 0. The largest absolute Gasteiger partial charge is 0.263 e. The molecular weight excluding hydrogens is 364 g/mol. The van der Waals surface area contributed by atoms with Crippen LogP contribution in [0, 0.1) is 5.41 Å². The molecule has 0 saturated carbocycles. The van der Waals surface area contributed by atoms with E-state index in [-0.39, 0.29) is 16.2 Å². The van der Waals surface area contributed by atoms with Crippen LogP contribution in [0.3, 0.4) is 0 Å². The minimum atomic E-state index is 0.205. The van der Waals surface area contributed by atoms with Gasteiger partial charge in [-0.2, -0.15) is 0 Å². The molecule has 2 aromatic rings. The number of rotatable bonds is 4. The molecular formula is C28H41N2+. The molecule has 1 aliphatic heterocycles. The average molecular weight is 406 g/mol. The van der Waals surface area contributed by atoms with Crippen LogP contribution in [0.1, 0.15) is 77.6 Å². The second-order valence-corrected chi connectivity index (χ2v) is 12.0. The van der Waals surface area contributed by atoms with E-state index in [1.54, 1.807) is 0 Å². The van der Waals surface area contributed by atoms with Gasteiger partial charge in [0.1, 0.15) is 13.1 Å². The third-order valence-corrected chi connectivity index (χ3v) is 6.00. The van der Waals surface area contributed by atoms with E-state index in [9.17, 15) is 0 Å². The molecule has 0 radical (unpaired) electrons. The Bertz CT molecular complexity index is 872. The molecule has 0 amide bonds. The maximum atomic E-state index is 2.49. The zero-order chi connectivity index (χ0) is 22.2. The fourth-order valence-corrected chi connectivity index (χ4v) is 4.34. The van der Waals surface area contributed by atoms with Crippen LogP contribution in [0.25, 0.3) is 0 Å². The van der Waals surface area contributed by atoms with Gasteiger partial charge in [0.2, 0.25) is 6.34 Å². The van der Waals surface area contributed by atoms with Crippen molar-refractivity contribution in [1.82, 2.24) is 4.90 Å². The SMILES string of the molecule is CC1(C)CN(Cc2ccc(C(C)(C)C)cc2)C=[N+](Cc2ccc(C(C)(C)C)cc2)C1. The quantitative estimate of drug-likeness (QED) is 0.536. The lowest BCUT2D eigenvalue weighted by Crippen LogP contribution is -2.46. The molecule has 30 heavy (non-hydrogen) atoms. The van der Waals surface area contributed by atoms with Crippen molar-refractivity contribution in [3.05, 3.63) is 70.8 Å². The highest BCUT2D eigenvalue weighted by Gasteiger charge is 2.32. The average Bonchev–Trinajstić information content (AvgIpc) is 2.59. The second kappa shape index (κ2) is 8.21. The lowest BCUT2D eigenvalue weighted by atomic mass is 9.86. The number of hydrogen-bond donors (Lipinski definition) is 0. The van der Waals surface area contributed by atoms with Crippen LogP contribution in [-0.4, -0.2) is 28.9 Å². The van der Waals surface area contributed by atoms with E-state index in [2.05, 4.69) is 120 Å². The van der Waals surface area contributed by atoms with Crippen molar-refractivity contribution in [1.29, 1.82) is 0 Å². The summed E-state index contributed by atoms with van der Waals surface area (Å²) >= 11 is 0. The number of benzene rings is 2. The monoisotopic (exact) mass is 405 g/mol. The summed E-state index contributed by atoms with van der Waals surface area (Å²) in [6.07, 6.45) is 2.35. The minimum Gasteiger partial charge on any atom is -0.263 e. The third-order valence-electron chi connectivity index (χ3n) is 6.00. The van der Waals surface area contributed by atoms with E-state index in [0.717, 1.165) is 26.2 Å². The van der Waals surface area contributed by atoms with Gasteiger partial charge in [-0.3, -0.25) is 9.48 Å². The van der Waals surface area contributed by atoms with Gasteiger partial charge < -0.3 is 0 Å². The van der Waals surface area contributed by atoms with Crippen molar-refractivity contribution in [3.63, 3.8) is 0 Å². The van der Waals surface area contributed by atoms with Gasteiger partial charge >= 0.3 is 0 Å². The standard InChI is InChI=1S/C28H41N2/c1-26(2,3)24-13-9-22(10-14-24)17-29-19-28(7,8)20-30(21-29)18-23-11-15-25(16-12-23)27(4,5)6/h9-16,21H,17-20H2,1-8H3/q+1. The summed E-state index contributed by atoms with van der Waals surface area (Å²) in [6.45, 7) is 22.5. The molecule has 0 unspecified atom stereocenters. The predicted octanol–water partition coefficient (Wildman–Crippen LogP) is 6.36. The summed E-state index contributed by atoms with van der Waals surface area (Å²) < 4.78 is 2.49. The molecule has 2 aromatic carbocycles. The highest BCUT2D eigenvalue weighted by atomic mass is 15.2. The third kappa shape index (κ3) is 5.97. The number of hydrogen-bond acceptors (Lipinski definition) is 1. The molecule has 0 aromatic heterocycles. The Morgan fingerprint density at radius 2 is 1.23 bits per heavy atom. The van der Waals surface area contributed by atoms with Crippen molar-refractivity contribution in [2.75, 3.05) is 13.1 Å². The zero-order valence-corrected chi connectivity index (χ0v) is 20.4. The summed E-state index contributed by atoms with van der Waals surface area (Å²) in [5, 5.41) is 0. The number of nitrogens with zero attached hydrogens (tertiary/aromatic N) is 2. The van der Waals surface area contributed by atoms with Crippen molar-refractivity contribution in [2.24, 2.45) is 5.41 Å². The molecule has 1 aliphatic rings. The summed E-state index contributed by atoms with van der Waals surface area (Å²) in [4.78, 5) is 2.49. The fourth-order valence-electron chi connectivity index (χ4n) is 4.34. The summed E-state index contributed by atoms with van der Waals surface area (Å²) in [5.41, 5.74) is 6.24. The Morgan fingerprint density at radius 1 is 0.767 bits per heavy atom. The van der Waals surface area contributed by atoms with Gasteiger partial charge in [0.05, 0.1) is 13.1 Å². The molecule has 1 heterocycles. The first-order valence-electron chi connectivity index (χ1n) is 11.3. The van der Waals surface area contributed by atoms with Gasteiger partial charge in [-0.1, -0.05) is 104 Å².